The molecule has 3 rings (SSSR count). The van der Waals surface area contributed by atoms with E-state index in [4.69, 9.17) is 0 Å². The summed E-state index contributed by atoms with van der Waals surface area (Å²) in [4.78, 5) is 13.8. The van der Waals surface area contributed by atoms with Crippen LogP contribution in [0, 0.1) is 5.82 Å². The van der Waals surface area contributed by atoms with Crippen LogP contribution < -0.4 is 5.32 Å². The summed E-state index contributed by atoms with van der Waals surface area (Å²) >= 11 is 1.70. The van der Waals surface area contributed by atoms with Gasteiger partial charge in [-0.25, -0.2) is 4.39 Å². The molecule has 0 aliphatic heterocycles. The Kier molecular flexibility index (Phi) is 4.06. The molecule has 0 spiro atoms. The largest absolute Gasteiger partial charge is 0.355 e. The van der Waals surface area contributed by atoms with Gasteiger partial charge in [-0.2, -0.15) is 0 Å². The van der Waals surface area contributed by atoms with Gasteiger partial charge in [0.05, 0.1) is 5.41 Å². The smallest absolute Gasteiger partial charge is 0.230 e. The Morgan fingerprint density at radius 3 is 2.76 bits per heavy atom. The van der Waals surface area contributed by atoms with Gasteiger partial charge in [0.25, 0.3) is 0 Å². The molecule has 4 heteroatoms. The molecule has 1 saturated carbocycles. The number of hydrogen-bond donors (Lipinski definition) is 1. The minimum absolute atomic E-state index is 0.0379. The minimum Gasteiger partial charge on any atom is -0.355 e. The lowest BCUT2D eigenvalue weighted by Gasteiger charge is -2.40. The van der Waals surface area contributed by atoms with Gasteiger partial charge in [-0.15, -0.1) is 11.3 Å². The quantitative estimate of drug-likeness (QED) is 0.897. The molecule has 1 amide bonds. The summed E-state index contributed by atoms with van der Waals surface area (Å²) in [5, 5.41) is 5.07. The zero-order valence-electron chi connectivity index (χ0n) is 11.8. The molecule has 0 bridgehead atoms. The van der Waals surface area contributed by atoms with Crippen molar-refractivity contribution in [3.8, 4) is 0 Å². The second kappa shape index (κ2) is 5.98. The van der Waals surface area contributed by atoms with Gasteiger partial charge in [0.15, 0.2) is 0 Å². The normalized spacial score (nSPS) is 16.2. The van der Waals surface area contributed by atoms with E-state index >= 15 is 0 Å². The van der Waals surface area contributed by atoms with Gasteiger partial charge >= 0.3 is 0 Å². The fourth-order valence-corrected chi connectivity index (χ4v) is 3.60. The van der Waals surface area contributed by atoms with E-state index in [1.807, 2.05) is 17.5 Å². The Hall–Kier alpha value is -1.68. The zero-order valence-corrected chi connectivity index (χ0v) is 12.6. The van der Waals surface area contributed by atoms with Gasteiger partial charge in [0, 0.05) is 11.4 Å². The van der Waals surface area contributed by atoms with Crippen LogP contribution in [0.4, 0.5) is 4.39 Å². The van der Waals surface area contributed by atoms with E-state index in [0.717, 1.165) is 31.2 Å². The lowest BCUT2D eigenvalue weighted by atomic mass is 9.64. The third-order valence-electron chi connectivity index (χ3n) is 4.26. The molecular weight excluding hydrogens is 285 g/mol. The van der Waals surface area contributed by atoms with Crippen molar-refractivity contribution in [3.63, 3.8) is 0 Å². The van der Waals surface area contributed by atoms with Crippen molar-refractivity contribution in [3.05, 3.63) is 58.0 Å². The van der Waals surface area contributed by atoms with Crippen molar-refractivity contribution in [2.75, 3.05) is 6.54 Å². The van der Waals surface area contributed by atoms with Crippen LogP contribution in [-0.4, -0.2) is 12.5 Å². The lowest BCUT2D eigenvalue weighted by Crippen LogP contribution is -2.49. The van der Waals surface area contributed by atoms with Gasteiger partial charge < -0.3 is 5.32 Å². The van der Waals surface area contributed by atoms with Crippen molar-refractivity contribution in [1.82, 2.24) is 5.32 Å². The molecule has 1 aliphatic carbocycles. The maximum Gasteiger partial charge on any atom is 0.230 e. The van der Waals surface area contributed by atoms with E-state index in [1.165, 1.54) is 17.0 Å². The second-order valence-corrected chi connectivity index (χ2v) is 6.56. The predicted octanol–water partition coefficient (Wildman–Crippen LogP) is 3.67. The highest BCUT2D eigenvalue weighted by atomic mass is 32.1. The number of amides is 1. The Labute approximate surface area is 128 Å². The first-order valence-electron chi connectivity index (χ1n) is 7.27. The number of benzene rings is 1. The number of rotatable bonds is 5. The molecular formula is C17H18FNOS. The maximum atomic E-state index is 13.4. The van der Waals surface area contributed by atoms with Crippen LogP contribution in [0.25, 0.3) is 0 Å². The maximum absolute atomic E-state index is 13.4. The Bertz CT molecular complexity index is 619. The highest BCUT2D eigenvalue weighted by Gasteiger charge is 2.45. The SMILES string of the molecule is O=C(NCCc1cccs1)C1(c2cccc(F)c2)CCC1. The minimum atomic E-state index is -0.516. The standard InChI is InChI=1S/C17H18FNOS/c18-14-5-1-4-13(12-14)17(8-3-9-17)16(20)19-10-7-15-6-2-11-21-15/h1-2,4-6,11-12H,3,7-10H2,(H,19,20). The van der Waals surface area contributed by atoms with E-state index in [2.05, 4.69) is 11.4 Å². The summed E-state index contributed by atoms with van der Waals surface area (Å²) in [5.74, 6) is -0.235. The highest BCUT2D eigenvalue weighted by molar-refractivity contribution is 7.09. The van der Waals surface area contributed by atoms with Crippen molar-refractivity contribution >= 4 is 17.2 Å². The zero-order chi connectivity index (χ0) is 14.7. The molecule has 21 heavy (non-hydrogen) atoms. The monoisotopic (exact) mass is 303 g/mol. The molecule has 0 unspecified atom stereocenters. The molecule has 110 valence electrons. The van der Waals surface area contributed by atoms with Crippen molar-refractivity contribution in [1.29, 1.82) is 0 Å². The second-order valence-electron chi connectivity index (χ2n) is 5.53. The molecule has 0 atom stereocenters. The number of hydrogen-bond acceptors (Lipinski definition) is 2. The van der Waals surface area contributed by atoms with Crippen LogP contribution in [0.1, 0.15) is 29.7 Å². The molecule has 1 fully saturated rings. The first-order valence-corrected chi connectivity index (χ1v) is 8.15. The topological polar surface area (TPSA) is 29.1 Å². The number of carbonyl (C=O) groups excluding carboxylic acids is 1. The molecule has 2 aromatic rings. The van der Waals surface area contributed by atoms with E-state index in [-0.39, 0.29) is 11.7 Å². The molecule has 1 heterocycles. The first-order chi connectivity index (χ1) is 10.2. The third kappa shape index (κ3) is 2.86. The fraction of sp³-hybridized carbons (Fsp3) is 0.353. The Morgan fingerprint density at radius 1 is 1.29 bits per heavy atom. The summed E-state index contributed by atoms with van der Waals surface area (Å²) in [7, 11) is 0. The molecule has 1 N–H and O–H groups in total. The van der Waals surface area contributed by atoms with Crippen LogP contribution in [0.5, 0.6) is 0 Å². The summed E-state index contributed by atoms with van der Waals surface area (Å²) in [6, 6.07) is 10.6. The number of carbonyl (C=O) groups is 1. The molecule has 2 nitrogen and oxygen atoms in total. The average molecular weight is 303 g/mol. The summed E-state index contributed by atoms with van der Waals surface area (Å²) in [6.07, 6.45) is 3.49. The summed E-state index contributed by atoms with van der Waals surface area (Å²) < 4.78 is 13.4. The van der Waals surface area contributed by atoms with Gasteiger partial charge in [-0.05, 0) is 48.4 Å². The van der Waals surface area contributed by atoms with E-state index in [9.17, 15) is 9.18 Å². The summed E-state index contributed by atoms with van der Waals surface area (Å²) in [5.41, 5.74) is 0.291. The van der Waals surface area contributed by atoms with E-state index in [1.54, 1.807) is 17.4 Å². The van der Waals surface area contributed by atoms with Crippen LogP contribution >= 0.6 is 11.3 Å². The van der Waals surface area contributed by atoms with Crippen molar-refractivity contribution < 1.29 is 9.18 Å². The predicted molar refractivity (Wildman–Crippen MR) is 83.0 cm³/mol. The van der Waals surface area contributed by atoms with Crippen LogP contribution in [0.3, 0.4) is 0 Å². The van der Waals surface area contributed by atoms with Crippen LogP contribution in [-0.2, 0) is 16.6 Å². The van der Waals surface area contributed by atoms with Crippen LogP contribution in [0.2, 0.25) is 0 Å². The number of halogens is 1. The summed E-state index contributed by atoms with van der Waals surface area (Å²) in [6.45, 7) is 0.635. The van der Waals surface area contributed by atoms with E-state index in [0.29, 0.717) is 6.54 Å². The number of nitrogens with one attached hydrogen (secondary N) is 1. The Balaban J connectivity index is 1.66. The first kappa shape index (κ1) is 14.3. The third-order valence-corrected chi connectivity index (χ3v) is 5.19. The average Bonchev–Trinajstić information content (AvgIpc) is 2.91. The lowest BCUT2D eigenvalue weighted by molar-refractivity contribution is -0.129. The molecule has 0 radical (unpaired) electrons. The molecule has 1 aromatic heterocycles. The van der Waals surface area contributed by atoms with Gasteiger partial charge in [0.1, 0.15) is 5.82 Å². The molecule has 1 aromatic carbocycles. The fourth-order valence-electron chi connectivity index (χ4n) is 2.89. The van der Waals surface area contributed by atoms with Gasteiger partial charge in [-0.3, -0.25) is 4.79 Å². The van der Waals surface area contributed by atoms with Gasteiger partial charge in [0.2, 0.25) is 5.91 Å². The van der Waals surface area contributed by atoms with Crippen molar-refractivity contribution in [2.24, 2.45) is 0 Å². The molecule has 1 aliphatic rings. The highest BCUT2D eigenvalue weighted by Crippen LogP contribution is 2.44. The van der Waals surface area contributed by atoms with Crippen LogP contribution in [0.15, 0.2) is 41.8 Å². The van der Waals surface area contributed by atoms with E-state index < -0.39 is 5.41 Å². The van der Waals surface area contributed by atoms with Gasteiger partial charge in [-0.1, -0.05) is 24.6 Å². The number of thiophene rings is 1. The van der Waals surface area contributed by atoms with Crippen molar-refractivity contribution in [2.45, 2.75) is 31.1 Å². The Morgan fingerprint density at radius 2 is 2.14 bits per heavy atom. The molecule has 0 saturated heterocycles.